The molecule has 35 heavy (non-hydrogen) atoms. The average Bonchev–Trinajstić information content (AvgIpc) is 2.85. The van der Waals surface area contributed by atoms with E-state index >= 15 is 0 Å². The Labute approximate surface area is 205 Å². The van der Waals surface area contributed by atoms with Gasteiger partial charge in [0, 0.05) is 26.2 Å². The van der Waals surface area contributed by atoms with E-state index in [9.17, 15) is 14.4 Å². The highest BCUT2D eigenvalue weighted by atomic mass is 16.5. The molecule has 1 aliphatic heterocycles. The molecule has 0 saturated heterocycles. The van der Waals surface area contributed by atoms with E-state index in [0.29, 0.717) is 42.6 Å². The Morgan fingerprint density at radius 2 is 1.77 bits per heavy atom. The van der Waals surface area contributed by atoms with Crippen molar-refractivity contribution in [2.24, 2.45) is 0 Å². The van der Waals surface area contributed by atoms with Gasteiger partial charge in [-0.1, -0.05) is 18.2 Å². The Balaban J connectivity index is 1.64. The van der Waals surface area contributed by atoms with Crippen LogP contribution < -0.4 is 11.2 Å². The van der Waals surface area contributed by atoms with Crippen molar-refractivity contribution in [2.75, 3.05) is 26.2 Å². The van der Waals surface area contributed by atoms with Crippen LogP contribution in [0.4, 0.5) is 0 Å². The lowest BCUT2D eigenvalue weighted by molar-refractivity contribution is -0.138. The SMILES string of the molecule is CCOC(=O)C1=C(c2cc(C)c(C)c(C)c2C)CCN(CCn2c(=O)[nH]c3ccccc3c2=O)C1. The fourth-order valence-electron chi connectivity index (χ4n) is 4.88. The molecule has 4 rings (SSSR count). The minimum Gasteiger partial charge on any atom is -0.463 e. The normalized spacial score (nSPS) is 14.5. The minimum atomic E-state index is -0.422. The molecule has 7 heteroatoms. The Kier molecular flexibility index (Phi) is 7.08. The number of fused-ring (bicyclic) bond motifs is 1. The van der Waals surface area contributed by atoms with Gasteiger partial charge in [0.1, 0.15) is 0 Å². The molecule has 0 atom stereocenters. The van der Waals surface area contributed by atoms with Crippen molar-refractivity contribution in [1.29, 1.82) is 0 Å². The number of benzene rings is 2. The lowest BCUT2D eigenvalue weighted by Crippen LogP contribution is -2.41. The first-order chi connectivity index (χ1) is 16.7. The predicted octanol–water partition coefficient (Wildman–Crippen LogP) is 3.65. The third-order valence-electron chi connectivity index (χ3n) is 7.28. The largest absolute Gasteiger partial charge is 0.463 e. The van der Waals surface area contributed by atoms with Crippen LogP contribution in [0.15, 0.2) is 45.5 Å². The Hall–Kier alpha value is -3.45. The second-order valence-corrected chi connectivity index (χ2v) is 9.25. The number of carbonyl (C=O) groups is 1. The van der Waals surface area contributed by atoms with Crippen LogP contribution in [-0.2, 0) is 16.1 Å². The molecular formula is C28H33N3O4. The van der Waals surface area contributed by atoms with E-state index in [4.69, 9.17) is 4.74 Å². The summed E-state index contributed by atoms with van der Waals surface area (Å²) >= 11 is 0. The summed E-state index contributed by atoms with van der Waals surface area (Å²) in [4.78, 5) is 43.3. The molecule has 0 bridgehead atoms. The highest BCUT2D eigenvalue weighted by molar-refractivity contribution is 5.99. The summed E-state index contributed by atoms with van der Waals surface area (Å²) in [7, 11) is 0. The van der Waals surface area contributed by atoms with Crippen LogP contribution >= 0.6 is 0 Å². The number of para-hydroxylation sites is 1. The van der Waals surface area contributed by atoms with Gasteiger partial charge in [-0.25, -0.2) is 9.59 Å². The third-order valence-corrected chi connectivity index (χ3v) is 7.28. The quantitative estimate of drug-likeness (QED) is 0.550. The molecule has 0 radical (unpaired) electrons. The number of nitrogens with zero attached hydrogens (tertiary/aromatic N) is 2. The van der Waals surface area contributed by atoms with Crippen LogP contribution in [0.25, 0.3) is 16.5 Å². The van der Waals surface area contributed by atoms with Crippen molar-refractivity contribution in [3.63, 3.8) is 0 Å². The highest BCUT2D eigenvalue weighted by Crippen LogP contribution is 2.33. The van der Waals surface area contributed by atoms with Crippen molar-refractivity contribution in [2.45, 2.75) is 47.6 Å². The van der Waals surface area contributed by atoms with Crippen molar-refractivity contribution >= 4 is 22.4 Å². The van der Waals surface area contributed by atoms with Crippen molar-refractivity contribution in [3.8, 4) is 0 Å². The molecule has 1 aromatic heterocycles. The average molecular weight is 476 g/mol. The molecule has 2 aromatic carbocycles. The maximum atomic E-state index is 13.0. The van der Waals surface area contributed by atoms with Crippen LogP contribution in [0.1, 0.15) is 41.2 Å². The summed E-state index contributed by atoms with van der Waals surface area (Å²) in [5, 5.41) is 0.487. The second kappa shape index (κ2) is 10.0. The van der Waals surface area contributed by atoms with Crippen LogP contribution in [-0.4, -0.2) is 46.7 Å². The van der Waals surface area contributed by atoms with E-state index in [1.165, 1.54) is 26.8 Å². The molecule has 0 saturated carbocycles. The first-order valence-electron chi connectivity index (χ1n) is 12.1. The van der Waals surface area contributed by atoms with Crippen molar-refractivity contribution < 1.29 is 9.53 Å². The lowest BCUT2D eigenvalue weighted by Gasteiger charge is -2.31. The summed E-state index contributed by atoms with van der Waals surface area (Å²) in [6.45, 7) is 12.4. The molecule has 3 aromatic rings. The van der Waals surface area contributed by atoms with Gasteiger partial charge in [0.15, 0.2) is 0 Å². The molecular weight excluding hydrogens is 442 g/mol. The minimum absolute atomic E-state index is 0.242. The zero-order valence-corrected chi connectivity index (χ0v) is 21.2. The van der Waals surface area contributed by atoms with Gasteiger partial charge >= 0.3 is 11.7 Å². The lowest BCUT2D eigenvalue weighted by atomic mass is 9.86. The zero-order valence-electron chi connectivity index (χ0n) is 21.2. The molecule has 1 aliphatic rings. The second-order valence-electron chi connectivity index (χ2n) is 9.25. The topological polar surface area (TPSA) is 84.4 Å². The van der Waals surface area contributed by atoms with Crippen LogP contribution in [0, 0.1) is 27.7 Å². The number of hydrogen-bond acceptors (Lipinski definition) is 5. The number of carbonyl (C=O) groups excluding carboxylic acids is 1. The number of nitrogens with one attached hydrogen (secondary N) is 1. The number of hydrogen-bond donors (Lipinski definition) is 1. The maximum Gasteiger partial charge on any atom is 0.335 e. The Bertz CT molecular complexity index is 1450. The standard InChI is InChI=1S/C28H33N3O4/c1-6-35-27(33)24-16-30(12-11-21(24)23-15-17(2)18(3)19(4)20(23)5)13-14-31-26(32)22-9-7-8-10-25(22)29-28(31)34/h7-10,15H,6,11-14,16H2,1-5H3,(H,29,34). The fourth-order valence-corrected chi connectivity index (χ4v) is 4.88. The molecule has 0 fully saturated rings. The fraction of sp³-hybridized carbons (Fsp3) is 0.393. The van der Waals surface area contributed by atoms with Gasteiger partial charge in [-0.05, 0) is 86.6 Å². The van der Waals surface area contributed by atoms with E-state index in [1.807, 2.05) is 6.92 Å². The van der Waals surface area contributed by atoms with Gasteiger partial charge in [-0.15, -0.1) is 0 Å². The molecule has 184 valence electrons. The number of aromatic amines is 1. The van der Waals surface area contributed by atoms with Gasteiger partial charge in [0.25, 0.3) is 5.56 Å². The predicted molar refractivity (Wildman–Crippen MR) is 139 cm³/mol. The molecule has 0 aliphatic carbocycles. The molecule has 0 spiro atoms. The summed E-state index contributed by atoms with van der Waals surface area (Å²) < 4.78 is 6.66. The number of esters is 1. The summed E-state index contributed by atoms with van der Waals surface area (Å²) in [6.07, 6.45) is 0.694. The molecule has 1 N–H and O–H groups in total. The van der Waals surface area contributed by atoms with Gasteiger partial charge < -0.3 is 9.72 Å². The summed E-state index contributed by atoms with van der Waals surface area (Å²) in [5.41, 5.74) is 7.51. The van der Waals surface area contributed by atoms with Crippen LogP contribution in [0.5, 0.6) is 0 Å². The Morgan fingerprint density at radius 3 is 2.51 bits per heavy atom. The third kappa shape index (κ3) is 4.73. The zero-order chi connectivity index (χ0) is 25.3. The van der Waals surface area contributed by atoms with Crippen molar-refractivity contribution in [1.82, 2.24) is 14.5 Å². The molecule has 7 nitrogen and oxygen atoms in total. The first-order valence-corrected chi connectivity index (χ1v) is 12.1. The van der Waals surface area contributed by atoms with Crippen LogP contribution in [0.2, 0.25) is 0 Å². The van der Waals surface area contributed by atoms with Crippen LogP contribution in [0.3, 0.4) is 0 Å². The number of ether oxygens (including phenoxy) is 1. The highest BCUT2D eigenvalue weighted by Gasteiger charge is 2.27. The first kappa shape index (κ1) is 24.7. The number of aryl methyl sites for hydroxylation is 1. The van der Waals surface area contributed by atoms with Gasteiger partial charge in [-0.3, -0.25) is 14.3 Å². The molecule has 2 heterocycles. The van der Waals surface area contributed by atoms with Gasteiger partial charge in [-0.2, -0.15) is 0 Å². The van der Waals surface area contributed by atoms with E-state index in [2.05, 4.69) is 43.6 Å². The molecule has 0 unspecified atom stereocenters. The molecule has 0 amide bonds. The number of rotatable bonds is 6. The van der Waals surface area contributed by atoms with E-state index in [1.54, 1.807) is 24.3 Å². The number of aromatic nitrogens is 2. The van der Waals surface area contributed by atoms with Gasteiger partial charge in [0.05, 0.1) is 23.1 Å². The van der Waals surface area contributed by atoms with E-state index in [0.717, 1.165) is 17.7 Å². The summed E-state index contributed by atoms with van der Waals surface area (Å²) in [6, 6.07) is 9.19. The maximum absolute atomic E-state index is 13.0. The smallest absolute Gasteiger partial charge is 0.335 e. The van der Waals surface area contributed by atoms with E-state index < -0.39 is 5.69 Å². The van der Waals surface area contributed by atoms with Gasteiger partial charge in [0.2, 0.25) is 0 Å². The summed E-state index contributed by atoms with van der Waals surface area (Å²) in [5.74, 6) is -0.303. The van der Waals surface area contributed by atoms with Crippen molar-refractivity contribution in [3.05, 3.63) is 84.6 Å². The Morgan fingerprint density at radius 1 is 1.03 bits per heavy atom. The van der Waals surface area contributed by atoms with E-state index in [-0.39, 0.29) is 18.1 Å². The monoisotopic (exact) mass is 475 g/mol. The number of H-pyrrole nitrogens is 1.